The Kier molecular flexibility index (Phi) is 5.29. The van der Waals surface area contributed by atoms with Gasteiger partial charge in [0, 0.05) is 12.0 Å². The lowest BCUT2D eigenvalue weighted by Crippen LogP contribution is -2.42. The van der Waals surface area contributed by atoms with E-state index in [-0.39, 0.29) is 30.0 Å². The number of rotatable bonds is 7. The highest BCUT2D eigenvalue weighted by molar-refractivity contribution is 5.96. The molecule has 2 aromatic carbocycles. The second-order valence-electron chi connectivity index (χ2n) is 8.24. The first-order valence-electron chi connectivity index (χ1n) is 10.7. The number of ether oxygens (including phenoxy) is 1. The zero-order valence-corrected chi connectivity index (χ0v) is 17.6. The van der Waals surface area contributed by atoms with Crippen molar-refractivity contribution >= 4 is 23.8 Å². The van der Waals surface area contributed by atoms with Crippen LogP contribution in [0, 0.1) is 5.92 Å². The van der Waals surface area contributed by atoms with Crippen LogP contribution in [0.5, 0.6) is 0 Å². The largest absolute Gasteiger partial charge is 0.480 e. The lowest BCUT2D eigenvalue weighted by atomic mass is 9.98. The molecule has 1 saturated carbocycles. The molecule has 4 N–H and O–H groups in total. The summed E-state index contributed by atoms with van der Waals surface area (Å²) in [7, 11) is 0. The van der Waals surface area contributed by atoms with Gasteiger partial charge < -0.3 is 15.2 Å². The molecule has 1 fully saturated rings. The summed E-state index contributed by atoms with van der Waals surface area (Å²) in [6.45, 7) is 0.152. The van der Waals surface area contributed by atoms with Gasteiger partial charge in [-0.1, -0.05) is 48.5 Å². The van der Waals surface area contributed by atoms with E-state index in [2.05, 4.69) is 33.0 Å². The summed E-state index contributed by atoms with van der Waals surface area (Å²) in [5.41, 5.74) is 4.53. The molecule has 168 valence electrons. The molecule has 2 aliphatic carbocycles. The molecule has 9 heteroatoms. The van der Waals surface area contributed by atoms with Crippen molar-refractivity contribution in [1.29, 1.82) is 0 Å². The van der Waals surface area contributed by atoms with E-state index in [4.69, 9.17) is 4.74 Å². The molecule has 33 heavy (non-hydrogen) atoms. The fourth-order valence-corrected chi connectivity index (χ4v) is 4.27. The fraction of sp³-hybridized carbons (Fsp3) is 0.250. The second-order valence-corrected chi connectivity index (χ2v) is 8.24. The predicted molar refractivity (Wildman–Crippen MR) is 119 cm³/mol. The molecule has 0 saturated heterocycles. The number of aromatic nitrogens is 2. The van der Waals surface area contributed by atoms with Gasteiger partial charge in [-0.05, 0) is 41.0 Å². The van der Waals surface area contributed by atoms with Crippen molar-refractivity contribution in [2.24, 2.45) is 5.92 Å². The number of carboxylic acid groups (broad SMARTS) is 1. The molecule has 0 radical (unpaired) electrons. The molecule has 1 aromatic heterocycles. The van der Waals surface area contributed by atoms with E-state index >= 15 is 0 Å². The Morgan fingerprint density at radius 2 is 1.70 bits per heavy atom. The summed E-state index contributed by atoms with van der Waals surface area (Å²) in [6.07, 6.45) is 0.848. The highest BCUT2D eigenvalue weighted by Gasteiger charge is 2.37. The van der Waals surface area contributed by atoms with Crippen molar-refractivity contribution in [3.05, 3.63) is 71.4 Å². The van der Waals surface area contributed by atoms with Gasteiger partial charge in [-0.15, -0.1) is 0 Å². The average Bonchev–Trinajstić information content (AvgIpc) is 3.46. The number of benzene rings is 2. The second kappa shape index (κ2) is 8.42. The van der Waals surface area contributed by atoms with E-state index in [9.17, 15) is 19.5 Å². The number of anilines is 1. The summed E-state index contributed by atoms with van der Waals surface area (Å²) in [5, 5.41) is 20.7. The van der Waals surface area contributed by atoms with Crippen molar-refractivity contribution in [2.45, 2.75) is 24.8 Å². The first kappa shape index (κ1) is 20.7. The smallest absolute Gasteiger partial charge is 0.412 e. The Balaban J connectivity index is 1.20. The third-order valence-electron chi connectivity index (χ3n) is 6.04. The molecule has 2 amide bonds. The number of hydrogen-bond donors (Lipinski definition) is 4. The number of carboxylic acids is 1. The maximum absolute atomic E-state index is 12.4. The van der Waals surface area contributed by atoms with Gasteiger partial charge in [-0.2, -0.15) is 5.10 Å². The topological polar surface area (TPSA) is 133 Å². The van der Waals surface area contributed by atoms with Gasteiger partial charge >= 0.3 is 12.1 Å². The van der Waals surface area contributed by atoms with E-state index in [1.165, 1.54) is 6.07 Å². The van der Waals surface area contributed by atoms with Gasteiger partial charge in [0.05, 0.1) is 0 Å². The van der Waals surface area contributed by atoms with E-state index in [0.29, 0.717) is 0 Å². The van der Waals surface area contributed by atoms with Gasteiger partial charge in [-0.3, -0.25) is 15.2 Å². The zero-order chi connectivity index (χ0) is 22.9. The molecule has 5 rings (SSSR count). The average molecular weight is 446 g/mol. The number of amides is 2. The van der Waals surface area contributed by atoms with Crippen LogP contribution >= 0.6 is 0 Å². The minimum Gasteiger partial charge on any atom is -0.480 e. The molecule has 1 unspecified atom stereocenters. The lowest BCUT2D eigenvalue weighted by Gasteiger charge is -2.14. The van der Waals surface area contributed by atoms with Crippen LogP contribution in [0.4, 0.5) is 10.6 Å². The SMILES string of the molecule is O=C(Nc1cc(C(=O)NC(C(=O)O)C2CC2)[nH]n1)OCC1c2ccccc2-c2ccccc21. The highest BCUT2D eigenvalue weighted by Crippen LogP contribution is 2.44. The van der Waals surface area contributed by atoms with E-state index in [0.717, 1.165) is 35.1 Å². The Morgan fingerprint density at radius 3 is 2.30 bits per heavy atom. The zero-order valence-electron chi connectivity index (χ0n) is 17.6. The number of nitrogens with zero attached hydrogens (tertiary/aromatic N) is 1. The van der Waals surface area contributed by atoms with Crippen molar-refractivity contribution in [3.63, 3.8) is 0 Å². The summed E-state index contributed by atoms with van der Waals surface area (Å²) in [4.78, 5) is 36.0. The van der Waals surface area contributed by atoms with Crippen LogP contribution in [0.2, 0.25) is 0 Å². The van der Waals surface area contributed by atoms with Crippen LogP contribution in [0.25, 0.3) is 11.1 Å². The lowest BCUT2D eigenvalue weighted by molar-refractivity contribution is -0.139. The Morgan fingerprint density at radius 1 is 1.06 bits per heavy atom. The standard InChI is InChI=1S/C24H22N4O5/c29-22(26-21(23(30)31)13-9-10-13)19-11-20(28-27-19)25-24(32)33-12-18-16-7-3-1-5-14(16)15-6-2-4-8-17(15)18/h1-8,11,13,18,21H,9-10,12H2,(H,26,29)(H,30,31)(H2,25,27,28,32). The van der Waals surface area contributed by atoms with Crippen molar-refractivity contribution in [1.82, 2.24) is 15.5 Å². The number of aromatic amines is 1. The third-order valence-corrected chi connectivity index (χ3v) is 6.04. The Labute approximate surface area is 189 Å². The minimum atomic E-state index is -1.07. The molecule has 0 spiro atoms. The van der Waals surface area contributed by atoms with Crippen LogP contribution < -0.4 is 10.6 Å². The first-order valence-corrected chi connectivity index (χ1v) is 10.7. The molecule has 2 aliphatic rings. The molecule has 0 aliphatic heterocycles. The first-order chi connectivity index (χ1) is 16.0. The summed E-state index contributed by atoms with van der Waals surface area (Å²) in [6, 6.07) is 16.5. The van der Waals surface area contributed by atoms with Crippen molar-refractivity contribution in [2.75, 3.05) is 11.9 Å². The van der Waals surface area contributed by atoms with Gasteiger partial charge in [0.15, 0.2) is 5.82 Å². The minimum absolute atomic E-state index is 0.0483. The van der Waals surface area contributed by atoms with Crippen molar-refractivity contribution in [3.8, 4) is 11.1 Å². The number of fused-ring (bicyclic) bond motifs is 3. The van der Waals surface area contributed by atoms with E-state index in [1.54, 1.807) is 0 Å². The van der Waals surface area contributed by atoms with Crippen LogP contribution in [-0.4, -0.2) is 45.9 Å². The number of nitrogens with one attached hydrogen (secondary N) is 3. The summed E-state index contributed by atoms with van der Waals surface area (Å²) < 4.78 is 5.47. The monoisotopic (exact) mass is 446 g/mol. The van der Waals surface area contributed by atoms with Gasteiger partial charge in [0.25, 0.3) is 5.91 Å². The summed E-state index contributed by atoms with van der Waals surface area (Å²) in [5.74, 6) is -1.67. The molecule has 1 atom stereocenters. The third kappa shape index (κ3) is 4.17. The molecular formula is C24H22N4O5. The van der Waals surface area contributed by atoms with E-state index < -0.39 is 24.0 Å². The Bertz CT molecular complexity index is 1190. The fourth-order valence-electron chi connectivity index (χ4n) is 4.27. The molecule has 1 heterocycles. The predicted octanol–water partition coefficient (Wildman–Crippen LogP) is 3.36. The normalized spacial score (nSPS) is 15.3. The maximum atomic E-state index is 12.4. The molecular weight excluding hydrogens is 424 g/mol. The number of aliphatic carboxylic acids is 1. The number of H-pyrrole nitrogens is 1. The molecule has 0 bridgehead atoms. The number of hydrogen-bond acceptors (Lipinski definition) is 5. The van der Waals surface area contributed by atoms with E-state index in [1.807, 2.05) is 36.4 Å². The van der Waals surface area contributed by atoms with Crippen molar-refractivity contribution < 1.29 is 24.2 Å². The summed E-state index contributed by atoms with van der Waals surface area (Å²) >= 11 is 0. The quantitative estimate of drug-likeness (QED) is 0.440. The van der Waals surface area contributed by atoms with Gasteiger partial charge in [0.2, 0.25) is 0 Å². The maximum Gasteiger partial charge on any atom is 0.412 e. The number of carbonyl (C=O) groups excluding carboxylic acids is 2. The Hall–Kier alpha value is -4.14. The molecule has 3 aromatic rings. The van der Waals surface area contributed by atoms with Gasteiger partial charge in [0.1, 0.15) is 18.3 Å². The van der Waals surface area contributed by atoms with Crippen LogP contribution in [0.1, 0.15) is 40.4 Å². The van der Waals surface area contributed by atoms with Crippen LogP contribution in [-0.2, 0) is 9.53 Å². The van der Waals surface area contributed by atoms with Crippen LogP contribution in [0.15, 0.2) is 54.6 Å². The van der Waals surface area contributed by atoms with Gasteiger partial charge in [-0.25, -0.2) is 9.59 Å². The molecule has 9 nitrogen and oxygen atoms in total. The number of carbonyl (C=O) groups is 3. The van der Waals surface area contributed by atoms with Crippen LogP contribution in [0.3, 0.4) is 0 Å². The highest BCUT2D eigenvalue weighted by atomic mass is 16.5.